The summed E-state index contributed by atoms with van der Waals surface area (Å²) in [7, 11) is 0. The maximum absolute atomic E-state index is 12.5. The number of amides is 2. The van der Waals surface area contributed by atoms with E-state index < -0.39 is 198 Å². The molecule has 5 heterocycles. The molecule has 360 valence electrons. The fourth-order valence-corrected chi connectivity index (χ4v) is 7.83. The molecule has 5 saturated heterocycles. The van der Waals surface area contributed by atoms with E-state index in [2.05, 4.69) is 10.6 Å². The highest BCUT2D eigenvalue weighted by molar-refractivity contribution is 5.73. The van der Waals surface area contributed by atoms with Crippen molar-refractivity contribution in [2.24, 2.45) is 0 Å². The highest BCUT2D eigenvalue weighted by atomic mass is 16.8. The summed E-state index contributed by atoms with van der Waals surface area (Å²) in [5, 5.41) is 163. The topological polar surface area (TPSA) is 445 Å². The molecule has 0 saturated carbocycles. The Morgan fingerprint density at radius 2 is 0.726 bits per heavy atom. The zero-order chi connectivity index (χ0) is 45.9. The lowest BCUT2D eigenvalue weighted by molar-refractivity contribution is -0.384. The van der Waals surface area contributed by atoms with Crippen LogP contribution in [-0.4, -0.2) is 275 Å². The van der Waals surface area contributed by atoms with Crippen LogP contribution in [0.2, 0.25) is 0 Å². The first-order valence-electron chi connectivity index (χ1n) is 19.6. The quantitative estimate of drug-likeness (QED) is 0.0725. The maximum atomic E-state index is 12.5. The first-order chi connectivity index (χ1) is 29.3. The van der Waals surface area contributed by atoms with Crippen molar-refractivity contribution < 1.29 is 129 Å². The predicted molar refractivity (Wildman–Crippen MR) is 190 cm³/mol. The second-order valence-corrected chi connectivity index (χ2v) is 15.4. The van der Waals surface area contributed by atoms with Crippen LogP contribution in [0.25, 0.3) is 0 Å². The summed E-state index contributed by atoms with van der Waals surface area (Å²) in [6, 6.07) is -3.28. The van der Waals surface area contributed by atoms with Gasteiger partial charge in [0, 0.05) is 13.8 Å². The van der Waals surface area contributed by atoms with Gasteiger partial charge in [0.1, 0.15) is 122 Å². The summed E-state index contributed by atoms with van der Waals surface area (Å²) in [4.78, 5) is 24.4. The molecule has 0 aliphatic carbocycles. The monoisotopic (exact) mass is 910 g/mol. The summed E-state index contributed by atoms with van der Waals surface area (Å²) in [6.45, 7) is -2.53. The molecule has 0 spiro atoms. The minimum absolute atomic E-state index is 0.726. The second kappa shape index (κ2) is 22.0. The van der Waals surface area contributed by atoms with Crippen LogP contribution >= 0.6 is 0 Å². The smallest absolute Gasteiger partial charge is 0.217 e. The van der Waals surface area contributed by atoms with Crippen molar-refractivity contribution >= 4 is 11.8 Å². The molecule has 17 N–H and O–H groups in total. The third kappa shape index (κ3) is 10.8. The highest BCUT2D eigenvalue weighted by Crippen LogP contribution is 2.35. The fraction of sp³-hybridized carbons (Fsp3) is 0.941. The number of ether oxygens (including phenoxy) is 9. The van der Waals surface area contributed by atoms with Crippen LogP contribution in [0.5, 0.6) is 0 Å². The molecule has 0 radical (unpaired) electrons. The van der Waals surface area contributed by atoms with E-state index in [-0.39, 0.29) is 0 Å². The number of aliphatic hydroxyl groups excluding tert-OH is 15. The standard InChI is InChI=1S/C34H58N2O26/c1-8(42)35-15-20(47)17(44)10(3-37)55-31(15)61-28-18(45)11(4-38)56-33(24(28)51)59-26-14(7-41)58-32(16(21(26)48)36-9(2)43)62-29-19(46)12(5-39)57-34(25(29)52)60-27-13(6-40)54-30(53)23(50)22(27)49/h10-34,37-41,44-53H,3-7H2,1-2H3,(H,35,42)(H,36,43)/t10-,11-,12-,13-,14-,15-,16-,17+,18+,19+,20-,21-,22-,23-,24-,25-,26-,27-,28+,29+,30-,31+,32+,33+,34+/m1/s1. The van der Waals surface area contributed by atoms with Gasteiger partial charge in [-0.25, -0.2) is 0 Å². The SMILES string of the molecule is CC(=O)N[C@H]1[C@H](O[C@H]2[C@@H](O)[C@@H](CO)O[C@@H](O[C@H]3[C@H](O)[C@@H](O)[C@H](O)O[C@@H]3CO)[C@@H]2O)O[C@H](CO)[C@@H](O[C@@H]2O[C@H](CO)[C@H](O)[C@H](O[C@@H]3O[C@H](CO)[C@H](O)[C@H](O)[C@H]3NC(C)=O)[C@H]2O)[C@@H]1O. The zero-order valence-corrected chi connectivity index (χ0v) is 33.2. The molecule has 25 atom stereocenters. The predicted octanol–water partition coefficient (Wildman–Crippen LogP) is -11.6. The number of hydrogen-bond donors (Lipinski definition) is 17. The maximum Gasteiger partial charge on any atom is 0.217 e. The van der Waals surface area contributed by atoms with E-state index in [0.29, 0.717) is 0 Å². The summed E-state index contributed by atoms with van der Waals surface area (Å²) in [6.07, 6.45) is -42.2. The van der Waals surface area contributed by atoms with Crippen LogP contribution < -0.4 is 10.6 Å². The van der Waals surface area contributed by atoms with Crippen LogP contribution in [0.15, 0.2) is 0 Å². The zero-order valence-electron chi connectivity index (χ0n) is 33.2. The third-order valence-electron chi connectivity index (χ3n) is 11.1. The Kier molecular flexibility index (Phi) is 18.1. The molecule has 5 fully saturated rings. The van der Waals surface area contributed by atoms with E-state index in [1.165, 1.54) is 0 Å². The number of carbonyl (C=O) groups is 2. The molecule has 28 heteroatoms. The summed E-state index contributed by atoms with van der Waals surface area (Å²) < 4.78 is 50.7. The van der Waals surface area contributed by atoms with E-state index in [0.717, 1.165) is 13.8 Å². The molecule has 28 nitrogen and oxygen atoms in total. The van der Waals surface area contributed by atoms with Gasteiger partial charge in [0.2, 0.25) is 11.8 Å². The molecule has 5 aliphatic rings. The first kappa shape index (κ1) is 51.0. The molecule has 62 heavy (non-hydrogen) atoms. The Labute approximate surface area is 351 Å². The molecular weight excluding hydrogens is 852 g/mol. The van der Waals surface area contributed by atoms with Gasteiger partial charge in [-0.3, -0.25) is 9.59 Å². The minimum atomic E-state index is -2.10. The molecule has 0 bridgehead atoms. The minimum Gasteiger partial charge on any atom is -0.394 e. The Bertz CT molecular complexity index is 1440. The van der Waals surface area contributed by atoms with E-state index in [4.69, 9.17) is 42.6 Å². The number of nitrogens with one attached hydrogen (secondary N) is 2. The van der Waals surface area contributed by atoms with E-state index >= 15 is 0 Å². The van der Waals surface area contributed by atoms with Gasteiger partial charge in [-0.05, 0) is 0 Å². The van der Waals surface area contributed by atoms with Gasteiger partial charge in [-0.15, -0.1) is 0 Å². The molecule has 5 aliphatic heterocycles. The van der Waals surface area contributed by atoms with Gasteiger partial charge in [0.05, 0.1) is 33.0 Å². The van der Waals surface area contributed by atoms with Crippen molar-refractivity contribution in [1.82, 2.24) is 10.6 Å². The van der Waals surface area contributed by atoms with Gasteiger partial charge in [-0.1, -0.05) is 0 Å². The Morgan fingerprint density at radius 1 is 0.387 bits per heavy atom. The van der Waals surface area contributed by atoms with E-state index in [1.807, 2.05) is 0 Å². The van der Waals surface area contributed by atoms with Crippen LogP contribution in [0.1, 0.15) is 13.8 Å². The van der Waals surface area contributed by atoms with Gasteiger partial charge >= 0.3 is 0 Å². The fourth-order valence-electron chi connectivity index (χ4n) is 7.83. The van der Waals surface area contributed by atoms with Crippen molar-refractivity contribution in [2.75, 3.05) is 33.0 Å². The summed E-state index contributed by atoms with van der Waals surface area (Å²) in [5.74, 6) is -1.55. The van der Waals surface area contributed by atoms with Crippen molar-refractivity contribution in [3.8, 4) is 0 Å². The Balaban J connectivity index is 1.37. The van der Waals surface area contributed by atoms with Crippen LogP contribution in [0, 0.1) is 0 Å². The Morgan fingerprint density at radius 3 is 1.15 bits per heavy atom. The summed E-state index contributed by atoms with van der Waals surface area (Å²) >= 11 is 0. The van der Waals surface area contributed by atoms with Crippen molar-refractivity contribution in [3.05, 3.63) is 0 Å². The number of aliphatic hydroxyl groups is 15. The van der Waals surface area contributed by atoms with Crippen molar-refractivity contribution in [3.63, 3.8) is 0 Å². The Hall–Kier alpha value is -2.02. The normalized spacial score (nSPS) is 49.0. The number of hydrogen-bond acceptors (Lipinski definition) is 26. The lowest BCUT2D eigenvalue weighted by atomic mass is 9.94. The molecule has 0 aromatic rings. The molecular formula is C34H58N2O26. The average molecular weight is 911 g/mol. The van der Waals surface area contributed by atoms with Gasteiger partial charge in [0.15, 0.2) is 31.5 Å². The van der Waals surface area contributed by atoms with Gasteiger partial charge in [-0.2, -0.15) is 0 Å². The largest absolute Gasteiger partial charge is 0.394 e. The van der Waals surface area contributed by atoms with Crippen LogP contribution in [0.4, 0.5) is 0 Å². The van der Waals surface area contributed by atoms with E-state index in [9.17, 15) is 86.2 Å². The molecule has 0 unspecified atom stereocenters. The van der Waals surface area contributed by atoms with Crippen LogP contribution in [-0.2, 0) is 52.2 Å². The lowest BCUT2D eigenvalue weighted by Crippen LogP contribution is -2.70. The van der Waals surface area contributed by atoms with Gasteiger partial charge < -0.3 is 130 Å². The number of carbonyl (C=O) groups excluding carboxylic acids is 2. The number of rotatable bonds is 15. The van der Waals surface area contributed by atoms with E-state index in [1.54, 1.807) is 0 Å². The van der Waals surface area contributed by atoms with Crippen molar-refractivity contribution in [2.45, 2.75) is 167 Å². The third-order valence-corrected chi connectivity index (χ3v) is 11.1. The molecule has 0 aromatic heterocycles. The lowest BCUT2D eigenvalue weighted by Gasteiger charge is -2.50. The van der Waals surface area contributed by atoms with Gasteiger partial charge in [0.25, 0.3) is 0 Å². The second-order valence-electron chi connectivity index (χ2n) is 15.4. The molecule has 2 amide bonds. The average Bonchev–Trinajstić information content (AvgIpc) is 3.23. The van der Waals surface area contributed by atoms with Crippen molar-refractivity contribution in [1.29, 1.82) is 0 Å². The molecule has 5 rings (SSSR count). The highest BCUT2D eigenvalue weighted by Gasteiger charge is 2.57. The molecule has 0 aromatic carbocycles. The first-order valence-corrected chi connectivity index (χ1v) is 19.6. The summed E-state index contributed by atoms with van der Waals surface area (Å²) in [5.41, 5.74) is 0. The van der Waals surface area contributed by atoms with Crippen LogP contribution in [0.3, 0.4) is 0 Å².